The van der Waals surface area contributed by atoms with Gasteiger partial charge >= 0.3 is 11.9 Å². The molecule has 1 aliphatic carbocycles. The lowest BCUT2D eigenvalue weighted by Gasteiger charge is -2.16. The van der Waals surface area contributed by atoms with E-state index in [0.717, 1.165) is 12.0 Å². The zero-order valence-corrected chi connectivity index (χ0v) is 13.3. The molecule has 0 aliphatic heterocycles. The summed E-state index contributed by atoms with van der Waals surface area (Å²) in [6.45, 7) is 0. The minimum atomic E-state index is -1.08. The van der Waals surface area contributed by atoms with E-state index in [0.29, 0.717) is 12.0 Å². The third-order valence-electron chi connectivity index (χ3n) is 4.06. The van der Waals surface area contributed by atoms with Gasteiger partial charge in [0, 0.05) is 12.3 Å². The van der Waals surface area contributed by atoms with Gasteiger partial charge in [-0.3, -0.25) is 14.4 Å². The Morgan fingerprint density at radius 1 is 1.09 bits per heavy atom. The highest BCUT2D eigenvalue weighted by Gasteiger charge is 2.40. The lowest BCUT2D eigenvalue weighted by Crippen LogP contribution is -2.32. The molecule has 0 bridgehead atoms. The van der Waals surface area contributed by atoms with Gasteiger partial charge in [-0.2, -0.15) is 0 Å². The van der Waals surface area contributed by atoms with Gasteiger partial charge in [0.2, 0.25) is 0 Å². The summed E-state index contributed by atoms with van der Waals surface area (Å²) in [6, 6.07) is 9.85. The van der Waals surface area contributed by atoms with Crippen LogP contribution in [0.2, 0.25) is 0 Å². The molecule has 2 rings (SSSR count). The number of ketones is 1. The van der Waals surface area contributed by atoms with Crippen LogP contribution in [0.5, 0.6) is 0 Å². The molecule has 0 saturated heterocycles. The van der Waals surface area contributed by atoms with Gasteiger partial charge < -0.3 is 9.47 Å². The smallest absolute Gasteiger partial charge is 0.320 e. The maximum absolute atomic E-state index is 12.2. The molecule has 23 heavy (non-hydrogen) atoms. The van der Waals surface area contributed by atoms with Crippen molar-refractivity contribution in [3.8, 4) is 0 Å². The van der Waals surface area contributed by atoms with E-state index in [4.69, 9.17) is 0 Å². The lowest BCUT2D eigenvalue weighted by atomic mass is 9.92. The fraction of sp³-hybridized carbons (Fsp3) is 0.389. The number of hydrogen-bond donors (Lipinski definition) is 0. The van der Waals surface area contributed by atoms with Gasteiger partial charge in [0.05, 0.1) is 14.2 Å². The number of Topliss-reactive ketones (excluding diaryl/α,β-unsaturated/α-hetero) is 1. The Kier molecular flexibility index (Phi) is 5.68. The Morgan fingerprint density at radius 2 is 1.70 bits per heavy atom. The fourth-order valence-electron chi connectivity index (χ4n) is 2.82. The highest BCUT2D eigenvalue weighted by Crippen LogP contribution is 2.31. The summed E-state index contributed by atoms with van der Waals surface area (Å²) < 4.78 is 9.33. The molecule has 5 heteroatoms. The van der Waals surface area contributed by atoms with Gasteiger partial charge in [0.1, 0.15) is 0 Å². The molecule has 0 fully saturated rings. The lowest BCUT2D eigenvalue weighted by molar-refractivity contribution is -0.160. The van der Waals surface area contributed by atoms with Crippen LogP contribution < -0.4 is 0 Å². The predicted molar refractivity (Wildman–Crippen MR) is 83.5 cm³/mol. The van der Waals surface area contributed by atoms with Crippen LogP contribution in [0, 0.1) is 11.8 Å². The third-order valence-corrected chi connectivity index (χ3v) is 4.06. The summed E-state index contributed by atoms with van der Waals surface area (Å²) in [5.41, 5.74) is 1.80. The molecule has 1 atom stereocenters. The molecule has 122 valence electrons. The Labute approximate surface area is 135 Å². The highest BCUT2D eigenvalue weighted by molar-refractivity contribution is 6.01. The fourth-order valence-corrected chi connectivity index (χ4v) is 2.82. The van der Waals surface area contributed by atoms with Crippen LogP contribution in [0.1, 0.15) is 18.4 Å². The van der Waals surface area contributed by atoms with Gasteiger partial charge in [-0.05, 0) is 24.0 Å². The maximum Gasteiger partial charge on any atom is 0.320 e. The second kappa shape index (κ2) is 7.72. The van der Waals surface area contributed by atoms with Gasteiger partial charge in [0.15, 0.2) is 11.7 Å². The number of carbonyl (C=O) groups is 3. The van der Waals surface area contributed by atoms with Crippen LogP contribution in [-0.4, -0.2) is 31.9 Å². The third kappa shape index (κ3) is 4.06. The molecule has 1 aromatic rings. The van der Waals surface area contributed by atoms with Crippen molar-refractivity contribution in [3.63, 3.8) is 0 Å². The van der Waals surface area contributed by atoms with E-state index in [1.54, 1.807) is 6.08 Å². The van der Waals surface area contributed by atoms with E-state index in [2.05, 4.69) is 9.47 Å². The van der Waals surface area contributed by atoms with Crippen LogP contribution in [0.3, 0.4) is 0 Å². The molecular formula is C18H20O5. The molecular weight excluding hydrogens is 296 g/mol. The number of esters is 2. The molecule has 0 heterocycles. The maximum atomic E-state index is 12.2. The highest BCUT2D eigenvalue weighted by atomic mass is 16.5. The van der Waals surface area contributed by atoms with Crippen molar-refractivity contribution < 1.29 is 23.9 Å². The zero-order valence-electron chi connectivity index (χ0n) is 13.3. The van der Waals surface area contributed by atoms with Gasteiger partial charge in [-0.1, -0.05) is 36.4 Å². The molecule has 0 spiro atoms. The summed E-state index contributed by atoms with van der Waals surface area (Å²) in [4.78, 5) is 35.8. The molecule has 0 saturated carbocycles. The first-order valence-corrected chi connectivity index (χ1v) is 7.50. The zero-order chi connectivity index (χ0) is 16.8. The van der Waals surface area contributed by atoms with Gasteiger partial charge in [-0.25, -0.2) is 0 Å². The number of rotatable bonds is 6. The van der Waals surface area contributed by atoms with E-state index in [1.807, 2.05) is 30.3 Å². The SMILES string of the molecule is COC(=O)C(C(=O)OC)C1C=C(CCc2ccccc2)C(=O)C1. The first kappa shape index (κ1) is 16.9. The van der Waals surface area contributed by atoms with Crippen molar-refractivity contribution in [2.75, 3.05) is 14.2 Å². The summed E-state index contributed by atoms with van der Waals surface area (Å²) in [6.07, 6.45) is 3.20. The van der Waals surface area contributed by atoms with E-state index >= 15 is 0 Å². The van der Waals surface area contributed by atoms with Crippen LogP contribution in [0.4, 0.5) is 0 Å². The minimum absolute atomic E-state index is 0.0243. The average Bonchev–Trinajstić information content (AvgIpc) is 2.94. The molecule has 0 aromatic heterocycles. The summed E-state index contributed by atoms with van der Waals surface area (Å²) in [7, 11) is 2.43. The number of benzene rings is 1. The summed E-state index contributed by atoms with van der Waals surface area (Å²) >= 11 is 0. The minimum Gasteiger partial charge on any atom is -0.468 e. The summed E-state index contributed by atoms with van der Waals surface area (Å²) in [5, 5.41) is 0. The van der Waals surface area contributed by atoms with E-state index < -0.39 is 23.8 Å². The molecule has 0 radical (unpaired) electrons. The Morgan fingerprint density at radius 3 is 2.26 bits per heavy atom. The Bertz CT molecular complexity index is 602. The molecule has 0 N–H and O–H groups in total. The van der Waals surface area contributed by atoms with Gasteiger partial charge in [0.25, 0.3) is 0 Å². The number of allylic oxidation sites excluding steroid dienone is 2. The molecule has 1 unspecified atom stereocenters. The van der Waals surface area contributed by atoms with E-state index in [9.17, 15) is 14.4 Å². The number of hydrogen-bond acceptors (Lipinski definition) is 5. The Hall–Kier alpha value is -2.43. The number of carbonyl (C=O) groups excluding carboxylic acids is 3. The number of aryl methyl sites for hydroxylation is 1. The normalized spacial score (nSPS) is 17.1. The van der Waals surface area contributed by atoms with Crippen LogP contribution >= 0.6 is 0 Å². The molecule has 1 aliphatic rings. The van der Waals surface area contributed by atoms with Crippen molar-refractivity contribution in [1.29, 1.82) is 0 Å². The first-order chi connectivity index (χ1) is 11.1. The quantitative estimate of drug-likeness (QED) is 0.594. The Balaban J connectivity index is 2.09. The van der Waals surface area contributed by atoms with Gasteiger partial charge in [-0.15, -0.1) is 0 Å². The van der Waals surface area contributed by atoms with Crippen molar-refractivity contribution in [2.24, 2.45) is 11.8 Å². The first-order valence-electron chi connectivity index (χ1n) is 7.50. The standard InChI is InChI=1S/C18H20O5/c1-22-17(20)16(18(21)23-2)14-10-13(15(19)11-14)9-8-12-6-4-3-5-7-12/h3-7,10,14,16H,8-9,11H2,1-2H3. The monoisotopic (exact) mass is 316 g/mol. The number of methoxy groups -OCH3 is 2. The topological polar surface area (TPSA) is 69.7 Å². The van der Waals surface area contributed by atoms with Crippen LogP contribution in [0.15, 0.2) is 42.0 Å². The van der Waals surface area contributed by atoms with Crippen molar-refractivity contribution in [1.82, 2.24) is 0 Å². The second-order valence-corrected chi connectivity index (χ2v) is 5.49. The molecule has 5 nitrogen and oxygen atoms in total. The predicted octanol–water partition coefficient (Wildman–Crippen LogP) is 2.10. The number of ether oxygens (including phenoxy) is 2. The van der Waals surface area contributed by atoms with Crippen molar-refractivity contribution in [2.45, 2.75) is 19.3 Å². The molecule has 1 aromatic carbocycles. The van der Waals surface area contributed by atoms with Crippen molar-refractivity contribution >= 4 is 17.7 Å². The van der Waals surface area contributed by atoms with Crippen LogP contribution in [-0.2, 0) is 30.3 Å². The van der Waals surface area contributed by atoms with Crippen molar-refractivity contribution in [3.05, 3.63) is 47.5 Å². The summed E-state index contributed by atoms with van der Waals surface area (Å²) in [5.74, 6) is -2.94. The largest absolute Gasteiger partial charge is 0.468 e. The van der Waals surface area contributed by atoms with E-state index in [-0.39, 0.29) is 12.2 Å². The van der Waals surface area contributed by atoms with E-state index in [1.165, 1.54) is 14.2 Å². The average molecular weight is 316 g/mol. The van der Waals surface area contributed by atoms with Crippen LogP contribution in [0.25, 0.3) is 0 Å². The second-order valence-electron chi connectivity index (χ2n) is 5.49. The molecule has 0 amide bonds.